The van der Waals surface area contributed by atoms with Crippen LogP contribution in [0.5, 0.6) is 0 Å². The van der Waals surface area contributed by atoms with Gasteiger partial charge in [-0.25, -0.2) is 0 Å². The van der Waals surface area contributed by atoms with Gasteiger partial charge in [-0.2, -0.15) is 17.6 Å². The molecule has 136 valence electrons. The smallest absolute Gasteiger partial charge is 0.367 e. The fourth-order valence-electron chi connectivity index (χ4n) is 5.06. The molecule has 0 aromatic rings. The normalized spacial score (nSPS) is 35.6. The van der Waals surface area contributed by atoms with Crippen LogP contribution in [0.4, 0.5) is 17.6 Å². The van der Waals surface area contributed by atoms with E-state index < -0.39 is 10.8 Å². The maximum Gasteiger partial charge on any atom is 0.367 e. The van der Waals surface area contributed by atoms with E-state index in [2.05, 4.69) is 0 Å². The van der Waals surface area contributed by atoms with Crippen LogP contribution >= 0.6 is 15.9 Å². The third-order valence-corrected chi connectivity index (χ3v) is 6.22. The van der Waals surface area contributed by atoms with Crippen LogP contribution in [-0.4, -0.2) is 23.3 Å². The van der Waals surface area contributed by atoms with Crippen LogP contribution in [0.25, 0.3) is 0 Å². The number of alkyl halides is 5. The molecule has 0 atom stereocenters. The Hall–Kier alpha value is -0.590. The first-order valence-corrected chi connectivity index (χ1v) is 9.20. The number of allylic oxidation sites excluding steroid dienone is 1. The molecule has 0 aliphatic heterocycles. The van der Waals surface area contributed by atoms with E-state index in [1.165, 1.54) is 19.3 Å². The summed E-state index contributed by atoms with van der Waals surface area (Å²) >= 11 is 1.66. The van der Waals surface area contributed by atoms with Crippen LogP contribution < -0.4 is 0 Å². The summed E-state index contributed by atoms with van der Waals surface area (Å²) < 4.78 is 56.5. The fourth-order valence-corrected chi connectivity index (χ4v) is 5.19. The van der Waals surface area contributed by atoms with Gasteiger partial charge in [0.1, 0.15) is 0 Å². The van der Waals surface area contributed by atoms with Crippen molar-refractivity contribution < 1.29 is 27.1 Å². The van der Waals surface area contributed by atoms with Crippen LogP contribution in [-0.2, 0) is 9.53 Å². The predicted molar refractivity (Wildman–Crippen MR) is 84.1 cm³/mol. The van der Waals surface area contributed by atoms with Crippen molar-refractivity contribution >= 4 is 21.9 Å². The van der Waals surface area contributed by atoms with E-state index >= 15 is 0 Å². The van der Waals surface area contributed by atoms with Crippen LogP contribution in [0, 0.1) is 23.2 Å². The maximum atomic E-state index is 13.0. The SMILES string of the molecule is O=C(OCCC=CC(F)(F)C(F)(F)Br)C12CC3CC(CC(C3)C1)C2. The van der Waals surface area contributed by atoms with Crippen molar-refractivity contribution in [1.29, 1.82) is 0 Å². The highest BCUT2D eigenvalue weighted by Gasteiger charge is 2.55. The molecule has 0 N–H and O–H groups in total. The zero-order valence-corrected chi connectivity index (χ0v) is 14.8. The van der Waals surface area contributed by atoms with E-state index in [1.54, 1.807) is 15.9 Å². The molecule has 4 fully saturated rings. The van der Waals surface area contributed by atoms with Gasteiger partial charge in [0.2, 0.25) is 0 Å². The van der Waals surface area contributed by atoms with Crippen molar-refractivity contribution in [2.24, 2.45) is 23.2 Å². The summed E-state index contributed by atoms with van der Waals surface area (Å²) in [6.07, 6.45) is 7.35. The van der Waals surface area contributed by atoms with Crippen LogP contribution in [0.2, 0.25) is 0 Å². The molecule has 0 unspecified atom stereocenters. The standard InChI is InChI=1S/C17H21BrF4O2/c18-17(21,22)16(19,20)3-1-2-4-24-14(23)15-8-11-5-12(9-15)7-13(6-11)10-15/h1,3,11-13H,2,4-10H2. The number of halogens is 5. The van der Waals surface area contributed by atoms with Crippen molar-refractivity contribution in [3.8, 4) is 0 Å². The molecule has 4 saturated carbocycles. The molecule has 0 amide bonds. The molecule has 2 nitrogen and oxygen atoms in total. The summed E-state index contributed by atoms with van der Waals surface area (Å²) in [5.41, 5.74) is -0.384. The number of carbonyl (C=O) groups excluding carboxylic acids is 1. The average Bonchev–Trinajstić information content (AvgIpc) is 2.43. The van der Waals surface area contributed by atoms with E-state index in [4.69, 9.17) is 4.74 Å². The lowest BCUT2D eigenvalue weighted by molar-refractivity contribution is -0.171. The fraction of sp³-hybridized carbons (Fsp3) is 0.824. The number of hydrogen-bond acceptors (Lipinski definition) is 2. The van der Waals surface area contributed by atoms with Crippen molar-refractivity contribution in [3.05, 3.63) is 12.2 Å². The molecule has 7 heteroatoms. The lowest BCUT2D eigenvalue weighted by Crippen LogP contribution is -2.50. The first-order chi connectivity index (χ1) is 11.1. The molecule has 4 aliphatic rings. The Labute approximate surface area is 147 Å². The molecule has 0 radical (unpaired) electrons. The number of esters is 1. The Bertz CT molecular complexity index is 492. The third kappa shape index (κ3) is 3.51. The second-order valence-corrected chi connectivity index (χ2v) is 8.64. The molecule has 4 rings (SSSR count). The quantitative estimate of drug-likeness (QED) is 0.194. The largest absolute Gasteiger partial charge is 0.465 e. The summed E-state index contributed by atoms with van der Waals surface area (Å²) in [6.45, 7) is -0.0545. The van der Waals surface area contributed by atoms with Gasteiger partial charge < -0.3 is 4.74 Å². The van der Waals surface area contributed by atoms with E-state index in [0.717, 1.165) is 25.3 Å². The molecule has 0 saturated heterocycles. The van der Waals surface area contributed by atoms with E-state index in [1.807, 2.05) is 0 Å². The van der Waals surface area contributed by atoms with Gasteiger partial charge in [-0.05, 0) is 84.7 Å². The Kier molecular flexibility index (Phi) is 4.77. The lowest BCUT2D eigenvalue weighted by Gasteiger charge is -2.55. The minimum absolute atomic E-state index is 0.00320. The molecule has 0 spiro atoms. The first-order valence-electron chi connectivity index (χ1n) is 8.41. The van der Waals surface area contributed by atoms with Gasteiger partial charge in [0, 0.05) is 0 Å². The second-order valence-electron chi connectivity index (χ2n) is 7.65. The number of rotatable bonds is 6. The summed E-state index contributed by atoms with van der Waals surface area (Å²) in [7, 11) is 0. The summed E-state index contributed by atoms with van der Waals surface area (Å²) in [6, 6.07) is 0. The van der Waals surface area contributed by atoms with Gasteiger partial charge in [0.15, 0.2) is 0 Å². The lowest BCUT2D eigenvalue weighted by atomic mass is 9.49. The van der Waals surface area contributed by atoms with Gasteiger partial charge in [0.25, 0.3) is 0 Å². The Morgan fingerprint density at radius 2 is 1.58 bits per heavy atom. The molecular formula is C17H21BrF4O2. The minimum atomic E-state index is -4.29. The van der Waals surface area contributed by atoms with Crippen molar-refractivity contribution in [2.45, 2.75) is 55.7 Å². The number of carbonyl (C=O) groups is 1. The minimum Gasteiger partial charge on any atom is -0.465 e. The van der Waals surface area contributed by atoms with Crippen LogP contribution in [0.15, 0.2) is 12.2 Å². The highest BCUT2D eigenvalue weighted by Crippen LogP contribution is 2.60. The predicted octanol–water partition coefficient (Wildman–Crippen LogP) is 5.32. The molecule has 0 aromatic carbocycles. The van der Waals surface area contributed by atoms with Gasteiger partial charge >= 0.3 is 16.7 Å². The Morgan fingerprint density at radius 1 is 1.08 bits per heavy atom. The zero-order valence-electron chi connectivity index (χ0n) is 13.2. The molecule has 4 bridgehead atoms. The van der Waals surface area contributed by atoms with Crippen LogP contribution in [0.1, 0.15) is 44.9 Å². The van der Waals surface area contributed by atoms with E-state index in [-0.39, 0.29) is 30.5 Å². The van der Waals surface area contributed by atoms with Gasteiger partial charge in [-0.15, -0.1) is 0 Å². The third-order valence-electron chi connectivity index (χ3n) is 5.69. The van der Waals surface area contributed by atoms with Crippen molar-refractivity contribution in [2.75, 3.05) is 6.61 Å². The summed E-state index contributed by atoms with van der Waals surface area (Å²) in [5, 5.41) is 0. The van der Waals surface area contributed by atoms with Gasteiger partial charge in [0.05, 0.1) is 12.0 Å². The van der Waals surface area contributed by atoms with E-state index in [0.29, 0.717) is 17.8 Å². The molecule has 0 aromatic heterocycles. The number of ether oxygens (including phenoxy) is 1. The van der Waals surface area contributed by atoms with Gasteiger partial charge in [-0.1, -0.05) is 6.08 Å². The Morgan fingerprint density at radius 3 is 2.04 bits per heavy atom. The molecule has 24 heavy (non-hydrogen) atoms. The summed E-state index contributed by atoms with van der Waals surface area (Å²) in [4.78, 5) is 8.21. The average molecular weight is 413 g/mol. The summed E-state index contributed by atoms with van der Waals surface area (Å²) in [5.74, 6) is -2.65. The topological polar surface area (TPSA) is 26.3 Å². The highest BCUT2D eigenvalue weighted by molar-refractivity contribution is 9.10. The van der Waals surface area contributed by atoms with Crippen molar-refractivity contribution in [1.82, 2.24) is 0 Å². The highest BCUT2D eigenvalue weighted by atomic mass is 79.9. The first kappa shape index (κ1) is 18.2. The van der Waals surface area contributed by atoms with Gasteiger partial charge in [-0.3, -0.25) is 4.79 Å². The number of hydrogen-bond donors (Lipinski definition) is 0. The zero-order chi connectivity index (χ0) is 17.6. The second kappa shape index (κ2) is 6.29. The molecule has 0 heterocycles. The van der Waals surface area contributed by atoms with Crippen molar-refractivity contribution in [3.63, 3.8) is 0 Å². The maximum absolute atomic E-state index is 13.0. The monoisotopic (exact) mass is 412 g/mol. The van der Waals surface area contributed by atoms with E-state index in [9.17, 15) is 22.4 Å². The Balaban J connectivity index is 1.48. The molecular weight excluding hydrogens is 392 g/mol. The molecule has 4 aliphatic carbocycles. The van der Waals surface area contributed by atoms with Crippen LogP contribution in [0.3, 0.4) is 0 Å².